The number of Topliss-reactive ketones (excluding diaryl/α,β-unsaturated/α-hetero) is 1. The normalized spacial score (nSPS) is 18.0. The molecule has 0 aromatic heterocycles. The molecule has 1 aliphatic heterocycles. The van der Waals surface area contributed by atoms with Gasteiger partial charge in [0.05, 0.1) is 12.8 Å². The minimum absolute atomic E-state index is 0.197. The Morgan fingerprint density at radius 2 is 1.77 bits per heavy atom. The van der Waals surface area contributed by atoms with Gasteiger partial charge in [0.25, 0.3) is 5.91 Å². The number of hydrogen-bond donors (Lipinski definition) is 2. The monoisotopic (exact) mass is 423 g/mol. The predicted octanol–water partition coefficient (Wildman–Crippen LogP) is 2.78. The van der Waals surface area contributed by atoms with Gasteiger partial charge in [-0.05, 0) is 56.5 Å². The van der Waals surface area contributed by atoms with Crippen molar-refractivity contribution in [2.24, 2.45) is 0 Å². The van der Waals surface area contributed by atoms with Gasteiger partial charge >= 0.3 is 6.03 Å². The van der Waals surface area contributed by atoms with Gasteiger partial charge in [-0.2, -0.15) is 0 Å². The molecule has 1 atom stereocenters. The van der Waals surface area contributed by atoms with E-state index in [4.69, 9.17) is 4.74 Å². The van der Waals surface area contributed by atoms with Gasteiger partial charge in [-0.15, -0.1) is 0 Å². The minimum Gasteiger partial charge on any atom is -0.497 e. The Hall–Kier alpha value is -3.68. The second kappa shape index (κ2) is 8.99. The molecule has 1 aliphatic rings. The number of carbonyl (C=O) groups excluding carboxylic acids is 4. The van der Waals surface area contributed by atoms with Crippen LogP contribution in [0.25, 0.3) is 0 Å². The highest BCUT2D eigenvalue weighted by Crippen LogP contribution is 2.24. The minimum atomic E-state index is -1.10. The second-order valence-electron chi connectivity index (χ2n) is 7.65. The molecule has 2 aromatic rings. The number of aryl methyl sites for hydroxylation is 1. The van der Waals surface area contributed by atoms with Crippen LogP contribution in [0.2, 0.25) is 0 Å². The number of amides is 4. The average Bonchev–Trinajstić information content (AvgIpc) is 2.96. The highest BCUT2D eigenvalue weighted by molar-refractivity contribution is 6.10. The summed E-state index contributed by atoms with van der Waals surface area (Å²) in [6.45, 7) is 2.62. The molecule has 0 radical (unpaired) electrons. The zero-order chi connectivity index (χ0) is 22.6. The van der Waals surface area contributed by atoms with Crippen molar-refractivity contribution in [1.82, 2.24) is 10.2 Å². The number of methoxy groups -OCH3 is 1. The molecule has 1 heterocycles. The number of nitrogens with one attached hydrogen (secondary N) is 2. The van der Waals surface area contributed by atoms with Crippen LogP contribution in [-0.4, -0.2) is 47.7 Å². The molecule has 3 rings (SSSR count). The van der Waals surface area contributed by atoms with Crippen molar-refractivity contribution in [3.05, 3.63) is 59.7 Å². The summed E-state index contributed by atoms with van der Waals surface area (Å²) in [5, 5.41) is 5.31. The van der Waals surface area contributed by atoms with E-state index in [0.29, 0.717) is 24.1 Å². The lowest BCUT2D eigenvalue weighted by molar-refractivity contribution is -0.133. The fourth-order valence-electron chi connectivity index (χ4n) is 3.48. The Kier molecular flexibility index (Phi) is 6.39. The SMILES string of the molecule is COc1ccc(CC[C@]2(C)NC(=O)N(CC(=O)Nc3ccccc3C(C)=O)C2=O)cc1. The maximum absolute atomic E-state index is 12.9. The van der Waals surface area contributed by atoms with Crippen LogP contribution in [0.3, 0.4) is 0 Å². The molecular formula is C23H25N3O5. The van der Waals surface area contributed by atoms with Gasteiger partial charge in [-0.1, -0.05) is 24.3 Å². The lowest BCUT2D eigenvalue weighted by Crippen LogP contribution is -2.45. The van der Waals surface area contributed by atoms with E-state index in [1.165, 1.54) is 6.92 Å². The van der Waals surface area contributed by atoms with E-state index in [1.807, 2.05) is 24.3 Å². The van der Waals surface area contributed by atoms with Crippen molar-refractivity contribution >= 4 is 29.3 Å². The van der Waals surface area contributed by atoms with Crippen molar-refractivity contribution in [3.63, 3.8) is 0 Å². The molecular weight excluding hydrogens is 398 g/mol. The molecule has 1 fully saturated rings. The highest BCUT2D eigenvalue weighted by Gasteiger charge is 2.47. The first kappa shape index (κ1) is 22.0. The first-order valence-corrected chi connectivity index (χ1v) is 9.90. The van der Waals surface area contributed by atoms with Gasteiger partial charge in [0, 0.05) is 5.56 Å². The highest BCUT2D eigenvalue weighted by atomic mass is 16.5. The van der Waals surface area contributed by atoms with Crippen molar-refractivity contribution in [2.45, 2.75) is 32.2 Å². The molecule has 2 N–H and O–H groups in total. The number of urea groups is 1. The molecule has 31 heavy (non-hydrogen) atoms. The average molecular weight is 423 g/mol. The van der Waals surface area contributed by atoms with Gasteiger partial charge in [-0.3, -0.25) is 19.3 Å². The summed E-state index contributed by atoms with van der Waals surface area (Å²) >= 11 is 0. The molecule has 162 valence electrons. The molecule has 4 amide bonds. The third-order valence-corrected chi connectivity index (χ3v) is 5.30. The number of benzene rings is 2. The van der Waals surface area contributed by atoms with Crippen molar-refractivity contribution in [1.29, 1.82) is 0 Å². The number of imide groups is 1. The van der Waals surface area contributed by atoms with Crippen molar-refractivity contribution < 1.29 is 23.9 Å². The molecule has 1 saturated heterocycles. The van der Waals surface area contributed by atoms with E-state index in [0.717, 1.165) is 16.2 Å². The molecule has 2 aromatic carbocycles. The summed E-state index contributed by atoms with van der Waals surface area (Å²) < 4.78 is 5.14. The number of rotatable bonds is 8. The fourth-order valence-corrected chi connectivity index (χ4v) is 3.48. The lowest BCUT2D eigenvalue weighted by atomic mass is 9.93. The van der Waals surface area contributed by atoms with Crippen LogP contribution in [0.1, 0.15) is 36.2 Å². The van der Waals surface area contributed by atoms with Crippen LogP contribution >= 0.6 is 0 Å². The molecule has 8 heteroatoms. The fraction of sp³-hybridized carbons (Fsp3) is 0.304. The summed E-state index contributed by atoms with van der Waals surface area (Å²) in [7, 11) is 1.59. The summed E-state index contributed by atoms with van der Waals surface area (Å²) in [5.74, 6) is -0.474. The van der Waals surface area contributed by atoms with Gasteiger partial charge in [-0.25, -0.2) is 4.79 Å². The van der Waals surface area contributed by atoms with E-state index >= 15 is 0 Å². The number of ketones is 1. The Labute approximate surface area is 180 Å². The van der Waals surface area contributed by atoms with Crippen LogP contribution < -0.4 is 15.4 Å². The van der Waals surface area contributed by atoms with Gasteiger partial charge in [0.15, 0.2) is 5.78 Å². The van der Waals surface area contributed by atoms with Gasteiger partial charge in [0.1, 0.15) is 17.8 Å². The molecule has 0 aliphatic carbocycles. The van der Waals surface area contributed by atoms with E-state index in [2.05, 4.69) is 10.6 Å². The first-order valence-electron chi connectivity index (χ1n) is 9.90. The second-order valence-corrected chi connectivity index (χ2v) is 7.65. The first-order chi connectivity index (χ1) is 14.7. The van der Waals surface area contributed by atoms with Crippen LogP contribution in [0.5, 0.6) is 5.75 Å². The van der Waals surface area contributed by atoms with Crippen molar-refractivity contribution in [2.75, 3.05) is 19.0 Å². The Bertz CT molecular complexity index is 1020. The number of hydrogen-bond acceptors (Lipinski definition) is 5. The molecule has 8 nitrogen and oxygen atoms in total. The molecule has 0 bridgehead atoms. The zero-order valence-corrected chi connectivity index (χ0v) is 17.7. The van der Waals surface area contributed by atoms with E-state index in [9.17, 15) is 19.2 Å². The van der Waals surface area contributed by atoms with Crippen LogP contribution in [0, 0.1) is 0 Å². The van der Waals surface area contributed by atoms with Gasteiger partial charge < -0.3 is 15.4 Å². The standard InChI is InChI=1S/C23H25N3O5/c1-15(27)18-6-4-5-7-19(18)24-20(28)14-26-21(29)23(2,25-22(26)30)13-12-16-8-10-17(31-3)11-9-16/h4-11H,12-14H2,1-3H3,(H,24,28)(H,25,30)/t23-/m0/s1. The molecule has 0 saturated carbocycles. The van der Waals surface area contributed by atoms with Crippen LogP contribution in [0.15, 0.2) is 48.5 Å². The topological polar surface area (TPSA) is 105 Å². The summed E-state index contributed by atoms with van der Waals surface area (Å²) in [6, 6.07) is 13.4. The Balaban J connectivity index is 1.64. The maximum atomic E-state index is 12.9. The number of ether oxygens (including phenoxy) is 1. The number of para-hydroxylation sites is 1. The quantitative estimate of drug-likeness (QED) is 0.502. The zero-order valence-electron chi connectivity index (χ0n) is 17.7. The van der Waals surface area contributed by atoms with Gasteiger partial charge in [0.2, 0.25) is 5.91 Å². The summed E-state index contributed by atoms with van der Waals surface area (Å²) in [6.07, 6.45) is 0.952. The van der Waals surface area contributed by atoms with E-state index in [-0.39, 0.29) is 5.78 Å². The maximum Gasteiger partial charge on any atom is 0.325 e. The summed E-state index contributed by atoms with van der Waals surface area (Å²) in [4.78, 5) is 50.4. The lowest BCUT2D eigenvalue weighted by Gasteiger charge is -2.21. The summed E-state index contributed by atoms with van der Waals surface area (Å²) in [5.41, 5.74) is 0.599. The van der Waals surface area contributed by atoms with E-state index in [1.54, 1.807) is 38.3 Å². The third kappa shape index (κ3) is 4.91. The number of anilines is 1. The molecule has 0 unspecified atom stereocenters. The Morgan fingerprint density at radius 3 is 2.42 bits per heavy atom. The largest absolute Gasteiger partial charge is 0.497 e. The van der Waals surface area contributed by atoms with Crippen molar-refractivity contribution in [3.8, 4) is 5.75 Å². The van der Waals surface area contributed by atoms with Crippen LogP contribution in [0.4, 0.5) is 10.5 Å². The smallest absolute Gasteiger partial charge is 0.325 e. The number of carbonyl (C=O) groups is 4. The Morgan fingerprint density at radius 1 is 1.10 bits per heavy atom. The van der Waals surface area contributed by atoms with Crippen LogP contribution in [-0.2, 0) is 16.0 Å². The predicted molar refractivity (Wildman–Crippen MR) is 115 cm³/mol. The number of nitrogens with zero attached hydrogens (tertiary/aromatic N) is 1. The third-order valence-electron chi connectivity index (χ3n) is 5.30. The van der Waals surface area contributed by atoms with E-state index < -0.39 is 29.9 Å². The molecule has 0 spiro atoms.